The van der Waals surface area contributed by atoms with Crippen molar-refractivity contribution in [1.82, 2.24) is 10.2 Å². The summed E-state index contributed by atoms with van der Waals surface area (Å²) in [4.78, 5) is 2.52. The van der Waals surface area contributed by atoms with Gasteiger partial charge in [-0.05, 0) is 37.3 Å². The maximum atomic E-state index is 6.04. The molecule has 1 saturated heterocycles. The van der Waals surface area contributed by atoms with E-state index in [4.69, 9.17) is 4.74 Å². The number of rotatable bonds is 7. The molecule has 3 nitrogen and oxygen atoms in total. The predicted octanol–water partition coefficient (Wildman–Crippen LogP) is 3.05. The van der Waals surface area contributed by atoms with Crippen LogP contribution in [0.1, 0.15) is 38.7 Å². The fourth-order valence-corrected chi connectivity index (χ4v) is 3.03. The molecule has 3 heteroatoms. The van der Waals surface area contributed by atoms with Crippen molar-refractivity contribution >= 4 is 0 Å². The third-order valence-corrected chi connectivity index (χ3v) is 4.55. The Bertz CT molecular complexity index is 468. The molecule has 1 aromatic carbocycles. The summed E-state index contributed by atoms with van der Waals surface area (Å²) < 4.78 is 6.04. The van der Waals surface area contributed by atoms with E-state index in [0.29, 0.717) is 5.41 Å². The van der Waals surface area contributed by atoms with Crippen molar-refractivity contribution in [3.63, 3.8) is 0 Å². The van der Waals surface area contributed by atoms with Gasteiger partial charge in [0.1, 0.15) is 12.4 Å². The number of likely N-dealkylation sites (tertiary alicyclic amines) is 1. The fourth-order valence-electron chi connectivity index (χ4n) is 3.03. The van der Waals surface area contributed by atoms with E-state index in [-0.39, 0.29) is 0 Å². The van der Waals surface area contributed by atoms with Crippen LogP contribution in [0.25, 0.3) is 0 Å². The first-order valence-corrected chi connectivity index (χ1v) is 8.29. The van der Waals surface area contributed by atoms with E-state index in [1.54, 1.807) is 0 Å². The van der Waals surface area contributed by atoms with Crippen molar-refractivity contribution in [3.8, 4) is 5.75 Å². The zero-order chi connectivity index (χ0) is 14.7. The molecular formula is C18H28N2O. The lowest BCUT2D eigenvalue weighted by Crippen LogP contribution is -2.28. The van der Waals surface area contributed by atoms with Crippen molar-refractivity contribution in [2.24, 2.45) is 5.41 Å². The Hall–Kier alpha value is -1.06. The van der Waals surface area contributed by atoms with Crippen LogP contribution in [0.4, 0.5) is 0 Å². The topological polar surface area (TPSA) is 24.5 Å². The minimum atomic E-state index is 0.478. The molecule has 1 heterocycles. The smallest absolute Gasteiger partial charge is 0.123 e. The number of benzene rings is 1. The van der Waals surface area contributed by atoms with Crippen molar-refractivity contribution in [2.75, 3.05) is 26.2 Å². The maximum absolute atomic E-state index is 6.04. The van der Waals surface area contributed by atoms with Crippen LogP contribution in [0.3, 0.4) is 0 Å². The predicted molar refractivity (Wildman–Crippen MR) is 86.6 cm³/mol. The highest BCUT2D eigenvalue weighted by Gasteiger charge is 2.28. The lowest BCUT2D eigenvalue weighted by atomic mass is 9.93. The molecule has 0 unspecified atom stereocenters. The lowest BCUT2D eigenvalue weighted by Gasteiger charge is -2.20. The quantitative estimate of drug-likeness (QED) is 0.834. The summed E-state index contributed by atoms with van der Waals surface area (Å²) in [6.07, 6.45) is 3.95. The van der Waals surface area contributed by atoms with Gasteiger partial charge in [-0.15, -0.1) is 0 Å². The Morgan fingerprint density at radius 3 is 2.81 bits per heavy atom. The molecule has 0 aromatic heterocycles. The number of nitrogens with one attached hydrogen (secondary N) is 1. The standard InChI is InChI=1S/C18H28N2O/c1-18(2)9-10-20(14-18)11-12-21-17-6-4-3-5-15(17)13-19-16-7-8-16/h3-6,16,19H,7-14H2,1-2H3. The summed E-state index contributed by atoms with van der Waals surface area (Å²) >= 11 is 0. The Kier molecular flexibility index (Phi) is 4.51. The van der Waals surface area contributed by atoms with Crippen LogP contribution in [-0.2, 0) is 6.54 Å². The second-order valence-corrected chi connectivity index (χ2v) is 7.30. The number of nitrogens with zero attached hydrogens (tertiary/aromatic N) is 1. The Morgan fingerprint density at radius 2 is 2.10 bits per heavy atom. The van der Waals surface area contributed by atoms with Gasteiger partial charge in [0, 0.05) is 31.2 Å². The first-order valence-electron chi connectivity index (χ1n) is 8.29. The highest BCUT2D eigenvalue weighted by atomic mass is 16.5. The molecule has 21 heavy (non-hydrogen) atoms. The minimum Gasteiger partial charge on any atom is -0.492 e. The summed E-state index contributed by atoms with van der Waals surface area (Å²) in [5, 5.41) is 3.57. The maximum Gasteiger partial charge on any atom is 0.123 e. The van der Waals surface area contributed by atoms with Gasteiger partial charge in [-0.3, -0.25) is 4.90 Å². The first-order chi connectivity index (χ1) is 10.1. The van der Waals surface area contributed by atoms with Crippen LogP contribution < -0.4 is 10.1 Å². The molecule has 1 aliphatic heterocycles. The van der Waals surface area contributed by atoms with Gasteiger partial charge in [-0.1, -0.05) is 32.0 Å². The molecule has 1 aromatic rings. The van der Waals surface area contributed by atoms with Crippen molar-refractivity contribution in [2.45, 2.75) is 45.7 Å². The van der Waals surface area contributed by atoms with Crippen LogP contribution >= 0.6 is 0 Å². The zero-order valence-electron chi connectivity index (χ0n) is 13.4. The van der Waals surface area contributed by atoms with Crippen LogP contribution in [0.15, 0.2) is 24.3 Å². The number of ether oxygens (including phenoxy) is 1. The van der Waals surface area contributed by atoms with E-state index < -0.39 is 0 Å². The zero-order valence-corrected chi connectivity index (χ0v) is 13.4. The van der Waals surface area contributed by atoms with E-state index in [2.05, 4.69) is 48.3 Å². The van der Waals surface area contributed by atoms with E-state index in [1.165, 1.54) is 37.9 Å². The average Bonchev–Trinajstić information content (AvgIpc) is 3.22. The Labute approximate surface area is 128 Å². The average molecular weight is 288 g/mol. The SMILES string of the molecule is CC1(C)CCN(CCOc2ccccc2CNC2CC2)C1. The molecule has 116 valence electrons. The van der Waals surface area contributed by atoms with Gasteiger partial charge in [0.2, 0.25) is 0 Å². The molecule has 1 N–H and O–H groups in total. The molecule has 0 amide bonds. The molecule has 2 fully saturated rings. The molecule has 0 spiro atoms. The third kappa shape index (κ3) is 4.45. The van der Waals surface area contributed by atoms with Crippen molar-refractivity contribution in [1.29, 1.82) is 0 Å². The van der Waals surface area contributed by atoms with E-state index in [9.17, 15) is 0 Å². The van der Waals surface area contributed by atoms with Gasteiger partial charge in [0.25, 0.3) is 0 Å². The van der Waals surface area contributed by atoms with Crippen LogP contribution in [0, 0.1) is 5.41 Å². The van der Waals surface area contributed by atoms with Crippen LogP contribution in [0.5, 0.6) is 5.75 Å². The number of para-hydroxylation sites is 1. The number of hydrogen-bond donors (Lipinski definition) is 1. The van der Waals surface area contributed by atoms with Crippen LogP contribution in [-0.4, -0.2) is 37.2 Å². The van der Waals surface area contributed by atoms with Crippen LogP contribution in [0.2, 0.25) is 0 Å². The fraction of sp³-hybridized carbons (Fsp3) is 0.667. The molecule has 1 saturated carbocycles. The van der Waals surface area contributed by atoms with E-state index >= 15 is 0 Å². The first kappa shape index (κ1) is 14.9. The highest BCUT2D eigenvalue weighted by molar-refractivity contribution is 5.33. The summed E-state index contributed by atoms with van der Waals surface area (Å²) in [5.41, 5.74) is 1.76. The van der Waals surface area contributed by atoms with Gasteiger partial charge >= 0.3 is 0 Å². The molecular weight excluding hydrogens is 260 g/mol. The van der Waals surface area contributed by atoms with E-state index in [1.807, 2.05) is 0 Å². The van der Waals surface area contributed by atoms with Gasteiger partial charge in [0.05, 0.1) is 0 Å². The molecule has 0 radical (unpaired) electrons. The monoisotopic (exact) mass is 288 g/mol. The van der Waals surface area contributed by atoms with Crippen molar-refractivity contribution in [3.05, 3.63) is 29.8 Å². The Balaban J connectivity index is 1.46. The van der Waals surface area contributed by atoms with Gasteiger partial charge in [0.15, 0.2) is 0 Å². The summed E-state index contributed by atoms with van der Waals surface area (Å²) in [7, 11) is 0. The van der Waals surface area contributed by atoms with Gasteiger partial charge in [-0.2, -0.15) is 0 Å². The lowest BCUT2D eigenvalue weighted by molar-refractivity contribution is 0.221. The summed E-state index contributed by atoms with van der Waals surface area (Å²) in [6.45, 7) is 9.86. The van der Waals surface area contributed by atoms with Gasteiger partial charge < -0.3 is 10.1 Å². The largest absolute Gasteiger partial charge is 0.492 e. The molecule has 1 aliphatic carbocycles. The number of hydrogen-bond acceptors (Lipinski definition) is 3. The molecule has 3 rings (SSSR count). The molecule has 2 aliphatic rings. The normalized spacial score (nSPS) is 21.6. The molecule has 0 atom stereocenters. The summed E-state index contributed by atoms with van der Waals surface area (Å²) in [6, 6.07) is 9.17. The third-order valence-electron chi connectivity index (χ3n) is 4.55. The summed E-state index contributed by atoms with van der Waals surface area (Å²) in [5.74, 6) is 1.05. The highest BCUT2D eigenvalue weighted by Crippen LogP contribution is 2.28. The van der Waals surface area contributed by atoms with Gasteiger partial charge in [-0.25, -0.2) is 0 Å². The minimum absolute atomic E-state index is 0.478. The second kappa shape index (κ2) is 6.37. The van der Waals surface area contributed by atoms with Crippen molar-refractivity contribution < 1.29 is 4.74 Å². The Morgan fingerprint density at radius 1 is 1.29 bits per heavy atom. The van der Waals surface area contributed by atoms with E-state index in [0.717, 1.165) is 31.5 Å². The second-order valence-electron chi connectivity index (χ2n) is 7.30. The molecule has 0 bridgehead atoms.